The van der Waals surface area contributed by atoms with Crippen LogP contribution in [0.1, 0.15) is 12.0 Å². The minimum absolute atomic E-state index is 0.0455. The molecule has 0 aromatic heterocycles. The van der Waals surface area contributed by atoms with E-state index in [9.17, 15) is 14.3 Å². The van der Waals surface area contributed by atoms with Gasteiger partial charge in [-0.25, -0.2) is 4.39 Å². The summed E-state index contributed by atoms with van der Waals surface area (Å²) >= 11 is 0. The van der Waals surface area contributed by atoms with Crippen LogP contribution in [0.2, 0.25) is 0 Å². The van der Waals surface area contributed by atoms with Gasteiger partial charge in [0.2, 0.25) is 5.91 Å². The van der Waals surface area contributed by atoms with Crippen LogP contribution in [-0.4, -0.2) is 41.7 Å². The lowest BCUT2D eigenvalue weighted by Gasteiger charge is -2.21. The number of halogens is 1. The van der Waals surface area contributed by atoms with E-state index in [1.807, 2.05) is 0 Å². The van der Waals surface area contributed by atoms with Crippen molar-refractivity contribution >= 4 is 5.91 Å². The topological polar surface area (TPSA) is 52.6 Å². The molecule has 1 fully saturated rings. The molecule has 0 unspecified atom stereocenters. The molecule has 1 aliphatic heterocycles. The first-order chi connectivity index (χ1) is 8.56. The second-order valence-corrected chi connectivity index (χ2v) is 4.67. The summed E-state index contributed by atoms with van der Waals surface area (Å²) in [4.78, 5) is 13.6. The molecule has 1 aromatic rings. The fourth-order valence-corrected chi connectivity index (χ4v) is 2.11. The second-order valence-electron chi connectivity index (χ2n) is 4.67. The van der Waals surface area contributed by atoms with Gasteiger partial charge in [-0.1, -0.05) is 12.1 Å². The maximum atomic E-state index is 12.8. The minimum atomic E-state index is -0.446. The van der Waals surface area contributed by atoms with E-state index in [0.29, 0.717) is 19.5 Å². The predicted octanol–water partition coefficient (Wildman–Crippen LogP) is 0.507. The summed E-state index contributed by atoms with van der Waals surface area (Å²) in [6, 6.07) is 5.77. The van der Waals surface area contributed by atoms with Gasteiger partial charge in [-0.15, -0.1) is 0 Å². The van der Waals surface area contributed by atoms with Gasteiger partial charge in [0.25, 0.3) is 0 Å². The third-order valence-corrected chi connectivity index (χ3v) is 3.11. The molecule has 0 saturated carbocycles. The Morgan fingerprint density at radius 2 is 2.17 bits per heavy atom. The van der Waals surface area contributed by atoms with Gasteiger partial charge in [0.15, 0.2) is 0 Å². The number of β-amino-alcohol motifs (C(OH)–C–C–N with tert-alkyl or cyclic N) is 1. The van der Waals surface area contributed by atoms with E-state index in [-0.39, 0.29) is 17.8 Å². The van der Waals surface area contributed by atoms with E-state index in [1.165, 1.54) is 12.1 Å². The molecule has 4 nitrogen and oxygen atoms in total. The van der Waals surface area contributed by atoms with Crippen LogP contribution < -0.4 is 5.32 Å². The SMILES string of the molecule is CN(Cc1ccc(F)cc1)C(=O)[C@H]1C[C@H](O)CN1. The monoisotopic (exact) mass is 252 g/mol. The molecule has 1 amide bonds. The second kappa shape index (κ2) is 5.46. The zero-order valence-electron chi connectivity index (χ0n) is 10.3. The number of nitrogens with one attached hydrogen (secondary N) is 1. The number of hydrogen-bond donors (Lipinski definition) is 2. The van der Waals surface area contributed by atoms with Gasteiger partial charge in [-0.05, 0) is 24.1 Å². The number of hydrogen-bond acceptors (Lipinski definition) is 3. The lowest BCUT2D eigenvalue weighted by Crippen LogP contribution is -2.41. The number of carbonyl (C=O) groups excluding carboxylic acids is 1. The Hall–Kier alpha value is -1.46. The molecule has 2 N–H and O–H groups in total. The summed E-state index contributed by atoms with van der Waals surface area (Å²) in [5, 5.41) is 12.4. The highest BCUT2D eigenvalue weighted by molar-refractivity contribution is 5.82. The number of nitrogens with zero attached hydrogens (tertiary/aromatic N) is 1. The van der Waals surface area contributed by atoms with E-state index >= 15 is 0 Å². The molecule has 0 radical (unpaired) electrons. The number of benzene rings is 1. The Morgan fingerprint density at radius 1 is 1.50 bits per heavy atom. The molecule has 98 valence electrons. The number of rotatable bonds is 3. The lowest BCUT2D eigenvalue weighted by molar-refractivity contribution is -0.132. The third kappa shape index (κ3) is 3.05. The highest BCUT2D eigenvalue weighted by Crippen LogP contribution is 2.11. The number of aliphatic hydroxyl groups excluding tert-OH is 1. The summed E-state index contributed by atoms with van der Waals surface area (Å²) in [6.45, 7) is 0.897. The van der Waals surface area contributed by atoms with Gasteiger partial charge in [0.1, 0.15) is 5.82 Å². The van der Waals surface area contributed by atoms with Crippen molar-refractivity contribution in [1.29, 1.82) is 0 Å². The Balaban J connectivity index is 1.93. The molecular weight excluding hydrogens is 235 g/mol. The highest BCUT2D eigenvalue weighted by atomic mass is 19.1. The van der Waals surface area contributed by atoms with Gasteiger partial charge in [-0.2, -0.15) is 0 Å². The number of amides is 1. The summed E-state index contributed by atoms with van der Waals surface area (Å²) < 4.78 is 12.8. The zero-order chi connectivity index (χ0) is 13.1. The van der Waals surface area contributed by atoms with Crippen molar-refractivity contribution in [2.75, 3.05) is 13.6 Å². The standard InChI is InChI=1S/C13H17FN2O2/c1-16(8-9-2-4-10(14)5-3-9)13(18)12-6-11(17)7-15-12/h2-5,11-12,15,17H,6-8H2,1H3/t11-,12+/m0/s1. The van der Waals surface area contributed by atoms with E-state index in [0.717, 1.165) is 5.56 Å². The number of likely N-dealkylation sites (N-methyl/N-ethyl adjacent to an activating group) is 1. The Bertz CT molecular complexity index is 422. The predicted molar refractivity (Wildman–Crippen MR) is 65.3 cm³/mol. The van der Waals surface area contributed by atoms with E-state index in [2.05, 4.69) is 5.32 Å². The van der Waals surface area contributed by atoms with Crippen LogP contribution >= 0.6 is 0 Å². The van der Waals surface area contributed by atoms with Crippen LogP contribution in [-0.2, 0) is 11.3 Å². The highest BCUT2D eigenvalue weighted by Gasteiger charge is 2.29. The summed E-state index contributed by atoms with van der Waals surface area (Å²) in [7, 11) is 1.71. The van der Waals surface area contributed by atoms with Gasteiger partial charge in [0, 0.05) is 20.1 Å². The van der Waals surface area contributed by atoms with Gasteiger partial charge < -0.3 is 15.3 Å². The smallest absolute Gasteiger partial charge is 0.239 e. The molecule has 1 aromatic carbocycles. The normalized spacial score (nSPS) is 23.1. The van der Waals surface area contributed by atoms with Crippen molar-refractivity contribution in [2.45, 2.75) is 25.1 Å². The molecule has 0 bridgehead atoms. The van der Waals surface area contributed by atoms with E-state index in [4.69, 9.17) is 0 Å². The summed E-state index contributed by atoms with van der Waals surface area (Å²) in [6.07, 6.45) is 0.00485. The van der Waals surface area contributed by atoms with Crippen molar-refractivity contribution in [1.82, 2.24) is 10.2 Å². The average molecular weight is 252 g/mol. The maximum Gasteiger partial charge on any atom is 0.239 e. The minimum Gasteiger partial charge on any atom is -0.392 e. The number of carbonyl (C=O) groups is 1. The summed E-state index contributed by atoms with van der Waals surface area (Å²) in [5.74, 6) is -0.329. The maximum absolute atomic E-state index is 12.8. The fourth-order valence-electron chi connectivity index (χ4n) is 2.11. The third-order valence-electron chi connectivity index (χ3n) is 3.11. The Labute approximate surface area is 105 Å². The molecule has 1 heterocycles. The zero-order valence-corrected chi connectivity index (χ0v) is 10.3. The van der Waals surface area contributed by atoms with Crippen LogP contribution in [0.3, 0.4) is 0 Å². The van der Waals surface area contributed by atoms with Crippen molar-refractivity contribution < 1.29 is 14.3 Å². The quantitative estimate of drug-likeness (QED) is 0.824. The van der Waals surface area contributed by atoms with Crippen LogP contribution in [0.5, 0.6) is 0 Å². The average Bonchev–Trinajstić information content (AvgIpc) is 2.78. The molecule has 2 atom stereocenters. The molecule has 5 heteroatoms. The van der Waals surface area contributed by atoms with Crippen molar-refractivity contribution in [2.24, 2.45) is 0 Å². The molecule has 1 saturated heterocycles. The molecule has 18 heavy (non-hydrogen) atoms. The molecule has 0 spiro atoms. The first-order valence-corrected chi connectivity index (χ1v) is 5.97. The molecule has 0 aliphatic carbocycles. The van der Waals surface area contributed by atoms with Crippen molar-refractivity contribution in [3.05, 3.63) is 35.6 Å². The Kier molecular flexibility index (Phi) is 3.93. The van der Waals surface area contributed by atoms with Gasteiger partial charge in [-0.3, -0.25) is 4.79 Å². The molecular formula is C13H17FN2O2. The molecule has 2 rings (SSSR count). The van der Waals surface area contributed by atoms with E-state index < -0.39 is 6.10 Å². The van der Waals surface area contributed by atoms with Gasteiger partial charge >= 0.3 is 0 Å². The first kappa shape index (κ1) is 13.0. The van der Waals surface area contributed by atoms with Crippen LogP contribution in [0.25, 0.3) is 0 Å². The van der Waals surface area contributed by atoms with Crippen LogP contribution in [0.4, 0.5) is 4.39 Å². The lowest BCUT2D eigenvalue weighted by atomic mass is 10.1. The van der Waals surface area contributed by atoms with Crippen LogP contribution in [0.15, 0.2) is 24.3 Å². The molecule has 1 aliphatic rings. The van der Waals surface area contributed by atoms with E-state index in [1.54, 1.807) is 24.1 Å². The van der Waals surface area contributed by atoms with Crippen LogP contribution in [0, 0.1) is 5.82 Å². The summed E-state index contributed by atoms with van der Waals surface area (Å²) in [5.41, 5.74) is 0.880. The van der Waals surface area contributed by atoms with Gasteiger partial charge in [0.05, 0.1) is 12.1 Å². The largest absolute Gasteiger partial charge is 0.392 e. The number of aliphatic hydroxyl groups is 1. The van der Waals surface area contributed by atoms with Crippen molar-refractivity contribution in [3.8, 4) is 0 Å². The Morgan fingerprint density at radius 3 is 2.72 bits per heavy atom. The first-order valence-electron chi connectivity index (χ1n) is 5.97. The fraction of sp³-hybridized carbons (Fsp3) is 0.462. The van der Waals surface area contributed by atoms with Crippen molar-refractivity contribution in [3.63, 3.8) is 0 Å².